The zero-order chi connectivity index (χ0) is 10.6. The molecule has 14 heavy (non-hydrogen) atoms. The Morgan fingerprint density at radius 2 is 1.93 bits per heavy atom. The first-order valence-corrected chi connectivity index (χ1v) is 5.23. The molecule has 0 aromatic heterocycles. The number of nitrogens with one attached hydrogen (secondary N) is 1. The van der Waals surface area contributed by atoms with Crippen molar-refractivity contribution in [2.75, 3.05) is 6.54 Å². The fraction of sp³-hybridized carbons (Fsp3) is 0.909. The summed E-state index contributed by atoms with van der Waals surface area (Å²) in [6.45, 7) is 9.17. The molecule has 1 spiro atoms. The maximum absolute atomic E-state index is 11.3. The molecule has 0 aliphatic carbocycles. The van der Waals surface area contributed by atoms with Gasteiger partial charge in [-0.05, 0) is 34.1 Å². The quantitative estimate of drug-likeness (QED) is 0.638. The lowest BCUT2D eigenvalue weighted by Crippen LogP contribution is -2.41. The molecule has 2 aliphatic rings. The van der Waals surface area contributed by atoms with Crippen molar-refractivity contribution in [3.63, 3.8) is 0 Å². The Bertz CT molecular complexity index is 283. The van der Waals surface area contributed by atoms with Gasteiger partial charge in [-0.1, -0.05) is 0 Å². The number of carbonyl (C=O) groups is 1. The summed E-state index contributed by atoms with van der Waals surface area (Å²) in [5.74, 6) is 0.166. The van der Waals surface area contributed by atoms with E-state index in [0.717, 1.165) is 13.0 Å². The van der Waals surface area contributed by atoms with Crippen LogP contribution in [0.1, 0.15) is 40.5 Å². The van der Waals surface area contributed by atoms with E-state index in [9.17, 15) is 4.79 Å². The summed E-state index contributed by atoms with van der Waals surface area (Å²) < 4.78 is 6.03. The Kier molecular flexibility index (Phi) is 1.79. The monoisotopic (exact) mass is 197 g/mol. The summed E-state index contributed by atoms with van der Waals surface area (Å²) in [7, 11) is 0. The summed E-state index contributed by atoms with van der Waals surface area (Å²) in [6, 6.07) is 0. The normalized spacial score (nSPS) is 39.0. The molecular weight excluding hydrogens is 178 g/mol. The Balaban J connectivity index is 2.32. The molecule has 3 nitrogen and oxygen atoms in total. The van der Waals surface area contributed by atoms with E-state index in [-0.39, 0.29) is 22.5 Å². The van der Waals surface area contributed by atoms with Crippen molar-refractivity contribution in [3.05, 3.63) is 0 Å². The van der Waals surface area contributed by atoms with E-state index in [1.165, 1.54) is 0 Å². The van der Waals surface area contributed by atoms with Crippen molar-refractivity contribution in [2.24, 2.45) is 5.41 Å². The molecule has 2 heterocycles. The first-order valence-electron chi connectivity index (χ1n) is 5.23. The number of hydrogen-bond acceptors (Lipinski definition) is 2. The zero-order valence-corrected chi connectivity index (χ0v) is 9.44. The molecule has 0 aromatic carbocycles. The number of amides is 1. The lowest BCUT2D eigenvalue weighted by Gasteiger charge is -2.34. The maximum atomic E-state index is 11.3. The third kappa shape index (κ3) is 1.26. The molecule has 80 valence electrons. The van der Waals surface area contributed by atoms with E-state index in [0.29, 0.717) is 6.42 Å². The van der Waals surface area contributed by atoms with Gasteiger partial charge in [-0.25, -0.2) is 0 Å². The van der Waals surface area contributed by atoms with Gasteiger partial charge >= 0.3 is 0 Å². The minimum atomic E-state index is -0.199. The molecule has 2 saturated heterocycles. The summed E-state index contributed by atoms with van der Waals surface area (Å²) in [5, 5.41) is 2.93. The van der Waals surface area contributed by atoms with Gasteiger partial charge in [-0.15, -0.1) is 0 Å². The van der Waals surface area contributed by atoms with Gasteiger partial charge in [0.25, 0.3) is 0 Å². The van der Waals surface area contributed by atoms with Crippen LogP contribution in [0.15, 0.2) is 0 Å². The van der Waals surface area contributed by atoms with Crippen molar-refractivity contribution < 1.29 is 9.53 Å². The highest BCUT2D eigenvalue weighted by molar-refractivity contribution is 5.79. The molecule has 1 unspecified atom stereocenters. The van der Waals surface area contributed by atoms with E-state index in [2.05, 4.69) is 33.0 Å². The van der Waals surface area contributed by atoms with E-state index in [1.54, 1.807) is 0 Å². The Morgan fingerprint density at radius 3 is 2.29 bits per heavy atom. The van der Waals surface area contributed by atoms with Crippen LogP contribution in [0.25, 0.3) is 0 Å². The number of rotatable bonds is 0. The van der Waals surface area contributed by atoms with E-state index < -0.39 is 0 Å². The molecule has 3 heteroatoms. The predicted octanol–water partition coefficient (Wildman–Crippen LogP) is 1.47. The van der Waals surface area contributed by atoms with Crippen LogP contribution in [0.4, 0.5) is 0 Å². The van der Waals surface area contributed by atoms with Crippen LogP contribution < -0.4 is 5.32 Å². The van der Waals surface area contributed by atoms with Crippen LogP contribution >= 0.6 is 0 Å². The number of carbonyl (C=O) groups excluding carboxylic acids is 1. The average Bonchev–Trinajstić information content (AvgIpc) is 2.35. The first kappa shape index (κ1) is 9.97. The topological polar surface area (TPSA) is 38.3 Å². The van der Waals surface area contributed by atoms with Gasteiger partial charge in [0.05, 0.1) is 11.2 Å². The fourth-order valence-corrected chi connectivity index (χ4v) is 3.11. The molecule has 2 rings (SSSR count). The van der Waals surface area contributed by atoms with Gasteiger partial charge in [0.1, 0.15) is 0 Å². The van der Waals surface area contributed by atoms with Crippen molar-refractivity contribution in [3.8, 4) is 0 Å². The minimum absolute atomic E-state index is 0.00752. The molecule has 0 radical (unpaired) electrons. The third-order valence-corrected chi connectivity index (χ3v) is 3.70. The van der Waals surface area contributed by atoms with Gasteiger partial charge < -0.3 is 10.1 Å². The Labute approximate surface area is 85.2 Å². The third-order valence-electron chi connectivity index (χ3n) is 3.70. The van der Waals surface area contributed by atoms with Gasteiger partial charge in [0.2, 0.25) is 5.91 Å². The van der Waals surface area contributed by atoms with E-state index >= 15 is 0 Å². The molecular formula is C11H19NO2. The van der Waals surface area contributed by atoms with Crippen molar-refractivity contribution >= 4 is 5.91 Å². The fourth-order valence-electron chi connectivity index (χ4n) is 3.11. The van der Waals surface area contributed by atoms with Crippen LogP contribution in [-0.4, -0.2) is 23.7 Å². The van der Waals surface area contributed by atoms with Crippen LogP contribution in [0, 0.1) is 5.41 Å². The predicted molar refractivity (Wildman–Crippen MR) is 53.9 cm³/mol. The highest BCUT2D eigenvalue weighted by Gasteiger charge is 2.59. The molecule has 0 saturated carbocycles. The highest BCUT2D eigenvalue weighted by atomic mass is 16.5. The molecule has 1 N–H and O–H groups in total. The zero-order valence-electron chi connectivity index (χ0n) is 9.44. The maximum Gasteiger partial charge on any atom is 0.220 e. The van der Waals surface area contributed by atoms with Crippen LogP contribution in [0.2, 0.25) is 0 Å². The largest absolute Gasteiger partial charge is 0.369 e. The number of ether oxygens (including phenoxy) is 1. The Hall–Kier alpha value is -0.570. The molecule has 0 bridgehead atoms. The second-order valence-corrected chi connectivity index (χ2v) is 5.78. The molecule has 2 fully saturated rings. The standard InChI is InChI=1S/C11H19NO2/c1-9(2)6-11(10(3,4)14-9)5-8(13)12-7-11/h5-7H2,1-4H3,(H,12,13). The van der Waals surface area contributed by atoms with Crippen molar-refractivity contribution in [1.29, 1.82) is 0 Å². The summed E-state index contributed by atoms with van der Waals surface area (Å²) in [5.41, 5.74) is -0.293. The lowest BCUT2D eigenvalue weighted by atomic mass is 9.70. The smallest absolute Gasteiger partial charge is 0.220 e. The van der Waals surface area contributed by atoms with E-state index in [4.69, 9.17) is 4.74 Å². The van der Waals surface area contributed by atoms with Crippen molar-refractivity contribution in [2.45, 2.75) is 51.7 Å². The highest BCUT2D eigenvalue weighted by Crippen LogP contribution is 2.54. The van der Waals surface area contributed by atoms with Crippen LogP contribution in [-0.2, 0) is 9.53 Å². The van der Waals surface area contributed by atoms with Crippen LogP contribution in [0.3, 0.4) is 0 Å². The van der Waals surface area contributed by atoms with Crippen molar-refractivity contribution in [1.82, 2.24) is 5.32 Å². The molecule has 2 aliphatic heterocycles. The SMILES string of the molecule is CC1(C)CC2(CNC(=O)C2)C(C)(C)O1. The van der Waals surface area contributed by atoms with Gasteiger partial charge in [0, 0.05) is 18.4 Å². The molecule has 1 amide bonds. The summed E-state index contributed by atoms with van der Waals surface area (Å²) in [6.07, 6.45) is 1.58. The second-order valence-electron chi connectivity index (χ2n) is 5.78. The second kappa shape index (κ2) is 2.51. The minimum Gasteiger partial charge on any atom is -0.369 e. The molecule has 0 aromatic rings. The molecule has 1 atom stereocenters. The first-order chi connectivity index (χ1) is 6.27. The summed E-state index contributed by atoms with van der Waals surface area (Å²) in [4.78, 5) is 11.3. The number of hydrogen-bond donors (Lipinski definition) is 1. The Morgan fingerprint density at radius 1 is 1.29 bits per heavy atom. The van der Waals surface area contributed by atoms with Gasteiger partial charge in [0.15, 0.2) is 0 Å². The van der Waals surface area contributed by atoms with Crippen LogP contribution in [0.5, 0.6) is 0 Å². The van der Waals surface area contributed by atoms with Gasteiger partial charge in [-0.2, -0.15) is 0 Å². The average molecular weight is 197 g/mol. The summed E-state index contributed by atoms with van der Waals surface area (Å²) >= 11 is 0. The lowest BCUT2D eigenvalue weighted by molar-refractivity contribution is -0.121. The van der Waals surface area contributed by atoms with E-state index in [1.807, 2.05) is 0 Å². The van der Waals surface area contributed by atoms with Gasteiger partial charge in [-0.3, -0.25) is 4.79 Å².